The summed E-state index contributed by atoms with van der Waals surface area (Å²) in [6.07, 6.45) is -0.877. The fourth-order valence-corrected chi connectivity index (χ4v) is 5.41. The van der Waals surface area contributed by atoms with Gasteiger partial charge >= 0.3 is 0 Å². The molecule has 0 radical (unpaired) electrons. The normalized spacial score (nSPS) is 13.3. The van der Waals surface area contributed by atoms with Gasteiger partial charge in [0.2, 0.25) is 10.0 Å². The Morgan fingerprint density at radius 2 is 1.90 bits per heavy atom. The Morgan fingerprint density at radius 3 is 2.45 bits per heavy atom. The Bertz CT molecular complexity index is 666. The van der Waals surface area contributed by atoms with E-state index < -0.39 is 16.1 Å². The molecule has 0 bridgehead atoms. The predicted octanol–water partition coefficient (Wildman–Crippen LogP) is 3.29. The van der Waals surface area contributed by atoms with Crippen molar-refractivity contribution in [3.8, 4) is 0 Å². The van der Waals surface area contributed by atoms with E-state index in [4.69, 9.17) is 0 Å². The fraction of sp³-hybridized carbons (Fsp3) is 0.167. The molecule has 0 amide bonds. The Hall–Kier alpha value is -0.250. The van der Waals surface area contributed by atoms with E-state index >= 15 is 0 Å². The highest BCUT2D eigenvalue weighted by Crippen LogP contribution is 2.34. The molecule has 2 aromatic rings. The van der Waals surface area contributed by atoms with E-state index in [-0.39, 0.29) is 10.8 Å². The van der Waals surface area contributed by atoms with Crippen molar-refractivity contribution in [2.75, 3.05) is 6.54 Å². The third kappa shape index (κ3) is 3.90. The molecule has 4 nitrogen and oxygen atoms in total. The molecule has 0 spiro atoms. The number of thiophene rings is 1. The van der Waals surface area contributed by atoms with Gasteiger partial charge in [0, 0.05) is 11.0 Å². The van der Waals surface area contributed by atoms with Gasteiger partial charge in [-0.2, -0.15) is 0 Å². The van der Waals surface area contributed by atoms with Gasteiger partial charge in [-0.1, -0.05) is 30.3 Å². The number of nitrogens with one attached hydrogen (secondary N) is 1. The van der Waals surface area contributed by atoms with Crippen LogP contribution in [0.5, 0.6) is 0 Å². The summed E-state index contributed by atoms with van der Waals surface area (Å²) in [4.78, 5) is 0. The molecule has 2 N–H and O–H groups in total. The van der Waals surface area contributed by atoms with Gasteiger partial charge in [0.15, 0.2) is 0 Å². The standard InChI is InChI=1S/C12H11Br2NO3S2/c13-9-6-11(19-12(9)14)20(17,18)15-7-10(16)8-4-2-1-3-5-8/h1-6,10,15-16H,7H2. The quantitative estimate of drug-likeness (QED) is 0.749. The van der Waals surface area contributed by atoms with E-state index in [1.807, 2.05) is 6.07 Å². The van der Waals surface area contributed by atoms with Gasteiger partial charge in [-0.25, -0.2) is 13.1 Å². The summed E-state index contributed by atoms with van der Waals surface area (Å²) in [5.41, 5.74) is 0.670. The first-order valence-corrected chi connectivity index (χ1v) is 9.46. The number of halogens is 2. The van der Waals surface area contributed by atoms with Crippen LogP contribution in [0.15, 0.2) is 48.9 Å². The highest BCUT2D eigenvalue weighted by molar-refractivity contribution is 9.13. The van der Waals surface area contributed by atoms with Crippen molar-refractivity contribution in [2.24, 2.45) is 0 Å². The lowest BCUT2D eigenvalue weighted by Gasteiger charge is -2.11. The average Bonchev–Trinajstić information content (AvgIpc) is 2.78. The molecule has 1 aromatic heterocycles. The topological polar surface area (TPSA) is 66.4 Å². The number of hydrogen-bond donors (Lipinski definition) is 2. The minimum Gasteiger partial charge on any atom is -0.387 e. The molecule has 0 fully saturated rings. The molecule has 1 atom stereocenters. The van der Waals surface area contributed by atoms with E-state index in [1.54, 1.807) is 24.3 Å². The Kier molecular flexibility index (Phi) is 5.38. The van der Waals surface area contributed by atoms with E-state index in [0.717, 1.165) is 11.3 Å². The lowest BCUT2D eigenvalue weighted by molar-refractivity contribution is 0.182. The molecule has 20 heavy (non-hydrogen) atoms. The first-order valence-electron chi connectivity index (χ1n) is 5.57. The molecule has 1 heterocycles. The van der Waals surface area contributed by atoms with Crippen molar-refractivity contribution >= 4 is 53.2 Å². The van der Waals surface area contributed by atoms with Gasteiger partial charge in [-0.15, -0.1) is 11.3 Å². The third-order valence-corrected chi connectivity index (χ3v) is 7.69. The van der Waals surface area contributed by atoms with Crippen LogP contribution in [-0.2, 0) is 10.0 Å². The number of benzene rings is 1. The maximum atomic E-state index is 12.1. The second kappa shape index (κ2) is 6.67. The van der Waals surface area contributed by atoms with Crippen LogP contribution in [0.1, 0.15) is 11.7 Å². The molecular weight excluding hydrogens is 430 g/mol. The molecule has 0 aliphatic carbocycles. The SMILES string of the molecule is O=S(=O)(NCC(O)c1ccccc1)c1cc(Br)c(Br)s1. The zero-order chi connectivity index (χ0) is 14.8. The Labute approximate surface area is 138 Å². The fourth-order valence-electron chi connectivity index (χ4n) is 1.51. The lowest BCUT2D eigenvalue weighted by atomic mass is 10.1. The molecule has 0 aliphatic heterocycles. The Balaban J connectivity index is 2.06. The van der Waals surface area contributed by atoms with E-state index in [9.17, 15) is 13.5 Å². The van der Waals surface area contributed by atoms with Gasteiger partial charge < -0.3 is 5.11 Å². The first-order chi connectivity index (χ1) is 9.40. The maximum absolute atomic E-state index is 12.1. The number of sulfonamides is 1. The van der Waals surface area contributed by atoms with Crippen LogP contribution in [0, 0.1) is 0 Å². The van der Waals surface area contributed by atoms with E-state index in [2.05, 4.69) is 36.6 Å². The number of rotatable bonds is 5. The van der Waals surface area contributed by atoms with Crippen molar-refractivity contribution in [1.82, 2.24) is 4.72 Å². The summed E-state index contributed by atoms with van der Waals surface area (Å²) in [6, 6.07) is 10.4. The van der Waals surface area contributed by atoms with Gasteiger partial charge in [-0.3, -0.25) is 0 Å². The Morgan fingerprint density at radius 1 is 1.25 bits per heavy atom. The molecule has 0 saturated heterocycles. The summed E-state index contributed by atoms with van der Waals surface area (Å²) < 4.78 is 28.2. The molecule has 1 unspecified atom stereocenters. The number of aliphatic hydroxyl groups excluding tert-OH is 1. The largest absolute Gasteiger partial charge is 0.387 e. The van der Waals surface area contributed by atoms with Gasteiger partial charge in [0.1, 0.15) is 4.21 Å². The molecule has 2 rings (SSSR count). The molecule has 1 aromatic carbocycles. The maximum Gasteiger partial charge on any atom is 0.250 e. The van der Waals surface area contributed by atoms with Crippen molar-refractivity contribution in [1.29, 1.82) is 0 Å². The van der Waals surface area contributed by atoms with Gasteiger partial charge in [0.25, 0.3) is 0 Å². The van der Waals surface area contributed by atoms with E-state index in [0.29, 0.717) is 13.8 Å². The molecular formula is C12H11Br2NO3S2. The first kappa shape index (κ1) is 16.1. The van der Waals surface area contributed by atoms with Gasteiger partial charge in [-0.05, 0) is 43.5 Å². The summed E-state index contributed by atoms with van der Waals surface area (Å²) in [7, 11) is -3.62. The highest BCUT2D eigenvalue weighted by Gasteiger charge is 2.20. The molecule has 108 valence electrons. The van der Waals surface area contributed by atoms with Crippen molar-refractivity contribution in [2.45, 2.75) is 10.3 Å². The zero-order valence-corrected chi connectivity index (χ0v) is 14.9. The summed E-state index contributed by atoms with van der Waals surface area (Å²) in [5.74, 6) is 0. The monoisotopic (exact) mass is 439 g/mol. The number of aliphatic hydroxyl groups is 1. The van der Waals surface area contributed by atoms with Crippen molar-refractivity contribution in [3.63, 3.8) is 0 Å². The molecule has 0 aliphatic rings. The van der Waals surface area contributed by atoms with Crippen LogP contribution in [0.3, 0.4) is 0 Å². The van der Waals surface area contributed by atoms with Crippen molar-refractivity contribution < 1.29 is 13.5 Å². The van der Waals surface area contributed by atoms with Crippen LogP contribution >= 0.6 is 43.2 Å². The van der Waals surface area contributed by atoms with Crippen LogP contribution < -0.4 is 4.72 Å². The van der Waals surface area contributed by atoms with Crippen LogP contribution in [0.4, 0.5) is 0 Å². The van der Waals surface area contributed by atoms with Crippen LogP contribution in [-0.4, -0.2) is 20.1 Å². The third-order valence-electron chi connectivity index (χ3n) is 2.54. The highest BCUT2D eigenvalue weighted by atomic mass is 79.9. The van der Waals surface area contributed by atoms with Crippen LogP contribution in [0.25, 0.3) is 0 Å². The van der Waals surface area contributed by atoms with Crippen LogP contribution in [0.2, 0.25) is 0 Å². The molecule has 0 saturated carbocycles. The average molecular weight is 441 g/mol. The number of hydrogen-bond acceptors (Lipinski definition) is 4. The minimum absolute atomic E-state index is 0.0700. The summed E-state index contributed by atoms with van der Waals surface area (Å²) >= 11 is 7.61. The molecule has 8 heteroatoms. The van der Waals surface area contributed by atoms with Gasteiger partial charge in [0.05, 0.1) is 9.89 Å². The summed E-state index contributed by atoms with van der Waals surface area (Å²) in [5, 5.41) is 9.95. The zero-order valence-electron chi connectivity index (χ0n) is 10.1. The lowest BCUT2D eigenvalue weighted by Crippen LogP contribution is -2.28. The second-order valence-corrected chi connectivity index (χ2v) is 9.18. The predicted molar refractivity (Wildman–Crippen MR) is 86.3 cm³/mol. The minimum atomic E-state index is -3.62. The smallest absolute Gasteiger partial charge is 0.250 e. The van der Waals surface area contributed by atoms with E-state index in [1.165, 1.54) is 6.07 Å². The summed E-state index contributed by atoms with van der Waals surface area (Å²) in [6.45, 7) is -0.0700. The van der Waals surface area contributed by atoms with Crippen molar-refractivity contribution in [3.05, 3.63) is 50.2 Å². The second-order valence-electron chi connectivity index (χ2n) is 3.97.